The van der Waals surface area contributed by atoms with Crippen molar-refractivity contribution in [3.63, 3.8) is 0 Å². The van der Waals surface area contributed by atoms with Gasteiger partial charge in [0.05, 0.1) is 24.0 Å². The van der Waals surface area contributed by atoms with Gasteiger partial charge in [0.1, 0.15) is 5.65 Å². The van der Waals surface area contributed by atoms with Gasteiger partial charge >= 0.3 is 5.97 Å². The van der Waals surface area contributed by atoms with Crippen molar-refractivity contribution in [3.8, 4) is 11.1 Å². The number of benzene rings is 2. The Bertz CT molecular complexity index is 1290. The van der Waals surface area contributed by atoms with Crippen LogP contribution >= 0.6 is 0 Å². The smallest absolute Gasteiger partial charge is 0.336 e. The maximum absolute atomic E-state index is 12.1. The SMILES string of the molecule is CCCc1cn2c(COC(c3ccc(-c4ccccc4)c(C(=O)O)c3)C(C)C)ccc(C)c2n1. The number of fused-ring (bicyclic) bond motifs is 1. The lowest BCUT2D eigenvalue weighted by Gasteiger charge is -2.23. The number of imidazole rings is 1. The zero-order valence-corrected chi connectivity index (χ0v) is 20.3. The van der Waals surface area contributed by atoms with Gasteiger partial charge in [0.25, 0.3) is 0 Å². The number of hydrogen-bond donors (Lipinski definition) is 1. The quantitative estimate of drug-likeness (QED) is 0.298. The number of aromatic carboxylic acids is 1. The number of carboxylic acids is 1. The predicted molar refractivity (Wildman–Crippen MR) is 135 cm³/mol. The Balaban J connectivity index is 1.64. The molecule has 2 aromatic heterocycles. The third kappa shape index (κ3) is 4.90. The van der Waals surface area contributed by atoms with E-state index in [9.17, 15) is 9.90 Å². The van der Waals surface area contributed by atoms with Crippen LogP contribution in [0.1, 0.15) is 66.2 Å². The first-order valence-corrected chi connectivity index (χ1v) is 11.9. The summed E-state index contributed by atoms with van der Waals surface area (Å²) in [6.45, 7) is 8.82. The summed E-state index contributed by atoms with van der Waals surface area (Å²) >= 11 is 0. The summed E-state index contributed by atoms with van der Waals surface area (Å²) in [4.78, 5) is 16.9. The van der Waals surface area contributed by atoms with Gasteiger partial charge in [-0.05, 0) is 53.6 Å². The predicted octanol–water partition coefficient (Wildman–Crippen LogP) is 6.87. The number of pyridine rings is 1. The summed E-state index contributed by atoms with van der Waals surface area (Å²) in [7, 11) is 0. The molecule has 0 aliphatic heterocycles. The molecule has 1 unspecified atom stereocenters. The van der Waals surface area contributed by atoms with Gasteiger partial charge < -0.3 is 14.2 Å². The van der Waals surface area contributed by atoms with Crippen molar-refractivity contribution in [1.82, 2.24) is 9.38 Å². The lowest BCUT2D eigenvalue weighted by molar-refractivity contribution is 0.00691. The molecule has 34 heavy (non-hydrogen) atoms. The minimum absolute atomic E-state index is 0.170. The van der Waals surface area contributed by atoms with Gasteiger partial charge in [0.2, 0.25) is 0 Å². The second kappa shape index (κ2) is 10.2. The Labute approximate surface area is 201 Å². The number of carboxylic acid groups (broad SMARTS) is 1. The van der Waals surface area contributed by atoms with Crippen molar-refractivity contribution in [2.24, 2.45) is 5.92 Å². The van der Waals surface area contributed by atoms with E-state index in [0.29, 0.717) is 12.2 Å². The van der Waals surface area contributed by atoms with Crippen molar-refractivity contribution in [1.29, 1.82) is 0 Å². The van der Waals surface area contributed by atoms with Crippen molar-refractivity contribution >= 4 is 11.6 Å². The van der Waals surface area contributed by atoms with E-state index in [4.69, 9.17) is 9.72 Å². The second-order valence-electron chi connectivity index (χ2n) is 9.14. The maximum Gasteiger partial charge on any atom is 0.336 e. The number of aromatic nitrogens is 2. The molecule has 0 saturated heterocycles. The summed E-state index contributed by atoms with van der Waals surface area (Å²) in [6.07, 6.45) is 3.86. The molecule has 5 heteroatoms. The minimum Gasteiger partial charge on any atom is -0.478 e. The fraction of sp³-hybridized carbons (Fsp3) is 0.310. The van der Waals surface area contributed by atoms with Crippen molar-refractivity contribution in [2.75, 3.05) is 0 Å². The highest BCUT2D eigenvalue weighted by Gasteiger charge is 2.21. The molecule has 2 heterocycles. The average Bonchev–Trinajstić information content (AvgIpc) is 3.26. The zero-order chi connectivity index (χ0) is 24.2. The zero-order valence-electron chi connectivity index (χ0n) is 20.3. The lowest BCUT2D eigenvalue weighted by Crippen LogP contribution is -2.14. The number of carbonyl (C=O) groups is 1. The molecule has 0 fully saturated rings. The normalized spacial score (nSPS) is 12.4. The first-order chi connectivity index (χ1) is 16.4. The number of rotatable bonds is 9. The van der Waals surface area contributed by atoms with Crippen LogP contribution in [0.15, 0.2) is 66.9 Å². The molecule has 0 saturated carbocycles. The van der Waals surface area contributed by atoms with Gasteiger partial charge in [0.15, 0.2) is 0 Å². The Hall–Kier alpha value is -3.44. The summed E-state index contributed by atoms with van der Waals surface area (Å²) in [6, 6.07) is 19.4. The summed E-state index contributed by atoms with van der Waals surface area (Å²) in [5, 5.41) is 9.92. The van der Waals surface area contributed by atoms with Gasteiger partial charge in [-0.3, -0.25) is 0 Å². The Morgan fingerprint density at radius 1 is 1.09 bits per heavy atom. The van der Waals surface area contributed by atoms with Crippen LogP contribution < -0.4 is 0 Å². The molecule has 5 nitrogen and oxygen atoms in total. The third-order valence-corrected chi connectivity index (χ3v) is 6.15. The maximum atomic E-state index is 12.1. The molecular weight excluding hydrogens is 424 g/mol. The van der Waals surface area contributed by atoms with Crippen LogP contribution in [-0.4, -0.2) is 20.5 Å². The number of ether oxygens (including phenoxy) is 1. The van der Waals surface area contributed by atoms with E-state index in [0.717, 1.165) is 46.6 Å². The molecule has 0 radical (unpaired) electrons. The van der Waals surface area contributed by atoms with Crippen LogP contribution in [-0.2, 0) is 17.8 Å². The van der Waals surface area contributed by atoms with Crippen LogP contribution in [0.3, 0.4) is 0 Å². The lowest BCUT2D eigenvalue weighted by atomic mass is 9.92. The number of nitrogens with zero attached hydrogens (tertiary/aromatic N) is 2. The van der Waals surface area contributed by atoms with Crippen molar-refractivity contribution < 1.29 is 14.6 Å². The molecule has 0 spiro atoms. The average molecular weight is 457 g/mol. The fourth-order valence-corrected chi connectivity index (χ4v) is 4.43. The van der Waals surface area contributed by atoms with Gasteiger partial charge in [-0.1, -0.05) is 75.7 Å². The molecule has 0 aliphatic carbocycles. The van der Waals surface area contributed by atoms with Gasteiger partial charge in [0, 0.05) is 11.9 Å². The van der Waals surface area contributed by atoms with E-state index in [-0.39, 0.29) is 17.6 Å². The second-order valence-corrected chi connectivity index (χ2v) is 9.14. The standard InChI is InChI=1S/C29H32N2O3/c1-5-9-23-17-31-24(14-12-20(4)28(31)30-23)18-34-27(19(2)3)22-13-15-25(26(16-22)29(32)33)21-10-7-6-8-11-21/h6-8,10-17,19,27H,5,9,18H2,1-4H3,(H,32,33). The molecule has 0 aliphatic rings. The van der Waals surface area contributed by atoms with Crippen molar-refractivity contribution in [2.45, 2.75) is 53.2 Å². The van der Waals surface area contributed by atoms with E-state index in [1.165, 1.54) is 0 Å². The van der Waals surface area contributed by atoms with Crippen LogP contribution in [0.2, 0.25) is 0 Å². The largest absolute Gasteiger partial charge is 0.478 e. The fourth-order valence-electron chi connectivity index (χ4n) is 4.43. The van der Waals surface area contributed by atoms with Gasteiger partial charge in [-0.25, -0.2) is 9.78 Å². The summed E-state index contributed by atoms with van der Waals surface area (Å²) in [5.41, 5.74) is 6.96. The Morgan fingerprint density at radius 3 is 2.53 bits per heavy atom. The molecule has 1 atom stereocenters. The molecule has 176 valence electrons. The van der Waals surface area contributed by atoms with Crippen LogP contribution in [0.4, 0.5) is 0 Å². The van der Waals surface area contributed by atoms with Crippen molar-refractivity contribution in [3.05, 3.63) is 94.9 Å². The van der Waals surface area contributed by atoms with Crippen LogP contribution in [0.5, 0.6) is 0 Å². The monoisotopic (exact) mass is 456 g/mol. The highest BCUT2D eigenvalue weighted by atomic mass is 16.5. The highest BCUT2D eigenvalue weighted by Crippen LogP contribution is 2.32. The Kier molecular flexibility index (Phi) is 7.13. The third-order valence-electron chi connectivity index (χ3n) is 6.15. The first kappa shape index (κ1) is 23.7. The van der Waals surface area contributed by atoms with Gasteiger partial charge in [-0.15, -0.1) is 0 Å². The van der Waals surface area contributed by atoms with E-state index >= 15 is 0 Å². The molecule has 0 amide bonds. The van der Waals surface area contributed by atoms with E-state index < -0.39 is 5.97 Å². The van der Waals surface area contributed by atoms with Crippen LogP contribution in [0.25, 0.3) is 16.8 Å². The first-order valence-electron chi connectivity index (χ1n) is 11.9. The molecule has 2 aromatic carbocycles. The number of hydrogen-bond acceptors (Lipinski definition) is 3. The highest BCUT2D eigenvalue weighted by molar-refractivity contribution is 5.96. The summed E-state index contributed by atoms with van der Waals surface area (Å²) < 4.78 is 8.56. The molecule has 4 rings (SSSR count). The Morgan fingerprint density at radius 2 is 1.85 bits per heavy atom. The van der Waals surface area contributed by atoms with E-state index in [1.54, 1.807) is 6.07 Å². The molecule has 4 aromatic rings. The number of aryl methyl sites for hydroxylation is 2. The van der Waals surface area contributed by atoms with Crippen LogP contribution in [0, 0.1) is 12.8 Å². The topological polar surface area (TPSA) is 63.8 Å². The summed E-state index contributed by atoms with van der Waals surface area (Å²) in [5.74, 6) is -0.770. The minimum atomic E-state index is -0.940. The molecule has 1 N–H and O–H groups in total. The van der Waals surface area contributed by atoms with Gasteiger partial charge in [-0.2, -0.15) is 0 Å². The molecule has 0 bridgehead atoms. The van der Waals surface area contributed by atoms with E-state index in [2.05, 4.69) is 50.4 Å². The molecular formula is C29H32N2O3. The van der Waals surface area contributed by atoms with E-state index in [1.807, 2.05) is 42.5 Å².